The molecular formula is C14H24F3N. The van der Waals surface area contributed by atoms with E-state index in [1.807, 2.05) is 0 Å². The molecule has 1 unspecified atom stereocenters. The van der Waals surface area contributed by atoms with Crippen molar-refractivity contribution in [1.82, 2.24) is 5.32 Å². The van der Waals surface area contributed by atoms with Gasteiger partial charge in [0.05, 0.1) is 5.92 Å². The van der Waals surface area contributed by atoms with E-state index in [-0.39, 0.29) is 0 Å². The van der Waals surface area contributed by atoms with Gasteiger partial charge in [-0.3, -0.25) is 0 Å². The Morgan fingerprint density at radius 3 is 2.11 bits per heavy atom. The summed E-state index contributed by atoms with van der Waals surface area (Å²) in [5, 5.41) is 3.50. The number of hydrogen-bond donors (Lipinski definition) is 1. The highest BCUT2D eigenvalue weighted by Gasteiger charge is 2.42. The third kappa shape index (κ3) is 3.87. The van der Waals surface area contributed by atoms with Gasteiger partial charge in [0.1, 0.15) is 0 Å². The van der Waals surface area contributed by atoms with Crippen molar-refractivity contribution in [2.45, 2.75) is 64.1 Å². The molecule has 0 amide bonds. The van der Waals surface area contributed by atoms with E-state index in [0.717, 1.165) is 25.3 Å². The largest absolute Gasteiger partial charge is 0.391 e. The van der Waals surface area contributed by atoms with Crippen LogP contribution < -0.4 is 5.32 Å². The van der Waals surface area contributed by atoms with E-state index in [1.165, 1.54) is 19.3 Å². The average molecular weight is 263 g/mol. The van der Waals surface area contributed by atoms with E-state index in [4.69, 9.17) is 0 Å². The molecule has 1 nitrogen and oxygen atoms in total. The number of halogens is 3. The molecule has 0 aromatic heterocycles. The highest BCUT2D eigenvalue weighted by molar-refractivity contribution is 4.88. The predicted molar refractivity (Wildman–Crippen MR) is 66.3 cm³/mol. The van der Waals surface area contributed by atoms with Crippen molar-refractivity contribution < 1.29 is 13.2 Å². The second kappa shape index (κ2) is 5.81. The van der Waals surface area contributed by atoms with E-state index in [2.05, 4.69) is 12.2 Å². The SMILES string of the molecule is CCNC(CC1CC1)C1CCC(C(F)(F)F)CC1. The summed E-state index contributed by atoms with van der Waals surface area (Å²) in [4.78, 5) is 0. The zero-order chi connectivity index (χ0) is 13.2. The summed E-state index contributed by atoms with van der Waals surface area (Å²) in [7, 11) is 0. The first-order valence-electron chi connectivity index (χ1n) is 7.30. The number of rotatable bonds is 5. The first-order valence-corrected chi connectivity index (χ1v) is 7.30. The standard InChI is InChI=1S/C14H24F3N/c1-2-18-13(9-10-3-4-10)11-5-7-12(8-6-11)14(15,16)17/h10-13,18H,2-9H2,1H3. The van der Waals surface area contributed by atoms with Crippen molar-refractivity contribution in [1.29, 1.82) is 0 Å². The lowest BCUT2D eigenvalue weighted by atomic mass is 9.77. The van der Waals surface area contributed by atoms with Gasteiger partial charge in [0, 0.05) is 6.04 Å². The molecule has 2 rings (SSSR count). The highest BCUT2D eigenvalue weighted by atomic mass is 19.4. The molecule has 18 heavy (non-hydrogen) atoms. The Bertz CT molecular complexity index is 252. The first kappa shape index (κ1) is 14.2. The molecule has 0 aromatic carbocycles. The normalized spacial score (nSPS) is 31.3. The van der Waals surface area contributed by atoms with Crippen molar-refractivity contribution in [2.75, 3.05) is 6.54 Å². The molecule has 2 saturated carbocycles. The molecule has 0 aromatic rings. The summed E-state index contributed by atoms with van der Waals surface area (Å²) in [5.41, 5.74) is 0. The van der Waals surface area contributed by atoms with E-state index < -0.39 is 12.1 Å². The van der Waals surface area contributed by atoms with Crippen LogP contribution in [0.1, 0.15) is 51.9 Å². The topological polar surface area (TPSA) is 12.0 Å². The van der Waals surface area contributed by atoms with Crippen LogP contribution in [0.5, 0.6) is 0 Å². The Morgan fingerprint density at radius 1 is 1.06 bits per heavy atom. The van der Waals surface area contributed by atoms with Gasteiger partial charge < -0.3 is 5.32 Å². The van der Waals surface area contributed by atoms with Crippen LogP contribution in [0.15, 0.2) is 0 Å². The van der Waals surface area contributed by atoms with Crippen molar-refractivity contribution in [3.63, 3.8) is 0 Å². The third-order valence-electron chi connectivity index (χ3n) is 4.55. The smallest absolute Gasteiger partial charge is 0.314 e. The molecule has 2 fully saturated rings. The van der Waals surface area contributed by atoms with Crippen LogP contribution in [0.3, 0.4) is 0 Å². The molecule has 1 N–H and O–H groups in total. The van der Waals surface area contributed by atoms with Gasteiger partial charge >= 0.3 is 6.18 Å². The van der Waals surface area contributed by atoms with Crippen molar-refractivity contribution >= 4 is 0 Å². The minimum Gasteiger partial charge on any atom is -0.314 e. The summed E-state index contributed by atoms with van der Waals surface area (Å²) >= 11 is 0. The van der Waals surface area contributed by atoms with Gasteiger partial charge in [0.15, 0.2) is 0 Å². The second-order valence-electron chi connectivity index (χ2n) is 6.00. The average Bonchev–Trinajstić information content (AvgIpc) is 3.11. The maximum absolute atomic E-state index is 12.6. The van der Waals surface area contributed by atoms with E-state index >= 15 is 0 Å². The Balaban J connectivity index is 1.82. The van der Waals surface area contributed by atoms with Crippen LogP contribution in [0.4, 0.5) is 13.2 Å². The van der Waals surface area contributed by atoms with Crippen LogP contribution >= 0.6 is 0 Å². The minimum absolute atomic E-state index is 0.334. The van der Waals surface area contributed by atoms with Crippen LogP contribution in [-0.2, 0) is 0 Å². The Hall–Kier alpha value is -0.250. The van der Waals surface area contributed by atoms with Crippen molar-refractivity contribution in [3.8, 4) is 0 Å². The first-order chi connectivity index (χ1) is 8.50. The maximum atomic E-state index is 12.6. The summed E-state index contributed by atoms with van der Waals surface area (Å²) in [5.74, 6) is 0.260. The van der Waals surface area contributed by atoms with Crippen LogP contribution in [0.25, 0.3) is 0 Å². The molecule has 0 spiro atoms. The molecule has 0 radical (unpaired) electrons. The minimum atomic E-state index is -3.98. The van der Waals surface area contributed by atoms with Gasteiger partial charge in [-0.25, -0.2) is 0 Å². The van der Waals surface area contributed by atoms with Crippen molar-refractivity contribution in [2.24, 2.45) is 17.8 Å². The fraction of sp³-hybridized carbons (Fsp3) is 1.00. The van der Waals surface area contributed by atoms with E-state index in [9.17, 15) is 13.2 Å². The van der Waals surface area contributed by atoms with Gasteiger partial charge in [0.25, 0.3) is 0 Å². The summed E-state index contributed by atoms with van der Waals surface area (Å²) in [6.07, 6.45) is 1.99. The molecule has 2 aliphatic rings. The molecule has 4 heteroatoms. The lowest BCUT2D eigenvalue weighted by molar-refractivity contribution is -0.184. The molecule has 0 heterocycles. The summed E-state index contributed by atoms with van der Waals surface area (Å²) in [6.45, 7) is 3.01. The summed E-state index contributed by atoms with van der Waals surface area (Å²) in [6, 6.07) is 0.455. The van der Waals surface area contributed by atoms with E-state index in [1.54, 1.807) is 0 Å². The van der Waals surface area contributed by atoms with Crippen LogP contribution in [-0.4, -0.2) is 18.8 Å². The molecule has 2 aliphatic carbocycles. The summed E-state index contributed by atoms with van der Waals surface area (Å²) < 4.78 is 37.9. The number of nitrogens with one attached hydrogen (secondary N) is 1. The second-order valence-corrected chi connectivity index (χ2v) is 6.00. The van der Waals surface area contributed by atoms with E-state index in [0.29, 0.717) is 24.8 Å². The Labute approximate surface area is 108 Å². The number of alkyl halides is 3. The van der Waals surface area contributed by atoms with Crippen LogP contribution in [0.2, 0.25) is 0 Å². The van der Waals surface area contributed by atoms with Gasteiger partial charge in [-0.2, -0.15) is 13.2 Å². The monoisotopic (exact) mass is 263 g/mol. The quantitative estimate of drug-likeness (QED) is 0.786. The molecule has 106 valence electrons. The molecule has 1 atom stereocenters. The zero-order valence-electron chi connectivity index (χ0n) is 11.1. The molecule has 0 bridgehead atoms. The molecule has 0 saturated heterocycles. The Morgan fingerprint density at radius 2 is 1.67 bits per heavy atom. The van der Waals surface area contributed by atoms with Gasteiger partial charge in [0.2, 0.25) is 0 Å². The number of hydrogen-bond acceptors (Lipinski definition) is 1. The van der Waals surface area contributed by atoms with Crippen molar-refractivity contribution in [3.05, 3.63) is 0 Å². The lowest BCUT2D eigenvalue weighted by Gasteiger charge is -2.35. The molecular weight excluding hydrogens is 239 g/mol. The van der Waals surface area contributed by atoms with Gasteiger partial charge in [-0.15, -0.1) is 0 Å². The van der Waals surface area contributed by atoms with Gasteiger partial charge in [-0.1, -0.05) is 19.8 Å². The fourth-order valence-electron chi connectivity index (χ4n) is 3.27. The van der Waals surface area contributed by atoms with Crippen LogP contribution in [0, 0.1) is 17.8 Å². The predicted octanol–water partition coefficient (Wildman–Crippen LogP) is 4.13. The third-order valence-corrected chi connectivity index (χ3v) is 4.55. The lowest BCUT2D eigenvalue weighted by Crippen LogP contribution is -2.40. The zero-order valence-corrected chi connectivity index (χ0v) is 11.1. The maximum Gasteiger partial charge on any atom is 0.391 e. The fourth-order valence-corrected chi connectivity index (χ4v) is 3.27. The van der Waals surface area contributed by atoms with Gasteiger partial charge in [-0.05, 0) is 50.5 Å². The highest BCUT2D eigenvalue weighted by Crippen LogP contribution is 2.42. The molecule has 0 aliphatic heterocycles. The Kier molecular flexibility index (Phi) is 4.57.